The van der Waals surface area contributed by atoms with Crippen molar-refractivity contribution in [1.82, 2.24) is 0 Å². The summed E-state index contributed by atoms with van der Waals surface area (Å²) < 4.78 is 5.18. The Hall–Kier alpha value is -2.87. The quantitative estimate of drug-likeness (QED) is 0.438. The number of hydrogen-bond acceptors (Lipinski definition) is 6. The van der Waals surface area contributed by atoms with Gasteiger partial charge in [-0.3, -0.25) is 14.9 Å². The lowest BCUT2D eigenvalue weighted by Crippen LogP contribution is -2.35. The molecule has 0 saturated carbocycles. The number of fused-ring (bicyclic) bond motifs is 1. The number of carbonyl (C=O) groups is 2. The number of nitrogens with zero attached hydrogens (tertiary/aromatic N) is 2. The number of para-hydroxylation sites is 1. The highest BCUT2D eigenvalue weighted by molar-refractivity contribution is 8.00. The number of thioether (sulfide) groups is 1. The smallest absolute Gasteiger partial charge is 0.339 e. The van der Waals surface area contributed by atoms with Crippen molar-refractivity contribution in [2.45, 2.75) is 30.4 Å². The first-order chi connectivity index (χ1) is 13.4. The summed E-state index contributed by atoms with van der Waals surface area (Å²) in [7, 11) is 0. The van der Waals surface area contributed by atoms with E-state index in [0.29, 0.717) is 11.8 Å². The molecule has 0 radical (unpaired) electrons. The minimum Gasteiger partial charge on any atom is -0.452 e. The van der Waals surface area contributed by atoms with Crippen LogP contribution in [-0.4, -0.2) is 35.2 Å². The summed E-state index contributed by atoms with van der Waals surface area (Å²) in [6.07, 6.45) is 0.822. The summed E-state index contributed by atoms with van der Waals surface area (Å²) in [4.78, 5) is 38.3. The monoisotopic (exact) mass is 400 g/mol. The van der Waals surface area contributed by atoms with Crippen molar-refractivity contribution in [2.24, 2.45) is 0 Å². The molecular weight excluding hydrogens is 380 g/mol. The second-order valence-corrected chi connectivity index (χ2v) is 7.99. The van der Waals surface area contributed by atoms with Crippen LogP contribution in [0.2, 0.25) is 0 Å². The topological polar surface area (TPSA) is 89.8 Å². The van der Waals surface area contributed by atoms with Gasteiger partial charge in [-0.05, 0) is 31.5 Å². The molecule has 1 heterocycles. The van der Waals surface area contributed by atoms with Crippen molar-refractivity contribution in [2.75, 3.05) is 18.1 Å². The van der Waals surface area contributed by atoms with Gasteiger partial charge in [-0.25, -0.2) is 4.79 Å². The lowest BCUT2D eigenvalue weighted by molar-refractivity contribution is -0.385. The van der Waals surface area contributed by atoms with Gasteiger partial charge in [0.15, 0.2) is 6.61 Å². The van der Waals surface area contributed by atoms with E-state index in [1.807, 2.05) is 24.3 Å². The molecule has 1 amide bonds. The van der Waals surface area contributed by atoms with Crippen LogP contribution in [0.15, 0.2) is 47.4 Å². The molecule has 0 unspecified atom stereocenters. The van der Waals surface area contributed by atoms with E-state index >= 15 is 0 Å². The Bertz CT molecular complexity index is 931. The Balaban J connectivity index is 1.73. The van der Waals surface area contributed by atoms with Gasteiger partial charge in [-0.15, -0.1) is 11.8 Å². The molecule has 1 aliphatic rings. The van der Waals surface area contributed by atoms with Crippen molar-refractivity contribution in [3.05, 3.63) is 63.7 Å². The molecule has 7 nitrogen and oxygen atoms in total. The zero-order valence-electron chi connectivity index (χ0n) is 15.6. The minimum atomic E-state index is -0.750. The molecule has 0 fully saturated rings. The number of amides is 1. The fourth-order valence-corrected chi connectivity index (χ4v) is 4.18. The van der Waals surface area contributed by atoms with Crippen LogP contribution in [0.4, 0.5) is 11.4 Å². The predicted octanol–water partition coefficient (Wildman–Crippen LogP) is 3.98. The Morgan fingerprint density at radius 3 is 2.75 bits per heavy atom. The first-order valence-corrected chi connectivity index (χ1v) is 9.73. The van der Waals surface area contributed by atoms with Gasteiger partial charge in [0.25, 0.3) is 11.6 Å². The number of benzene rings is 2. The number of rotatable bonds is 4. The van der Waals surface area contributed by atoms with Crippen molar-refractivity contribution < 1.29 is 19.2 Å². The number of esters is 1. The molecule has 0 spiro atoms. The molecule has 1 aliphatic heterocycles. The maximum atomic E-state index is 12.7. The van der Waals surface area contributed by atoms with E-state index in [4.69, 9.17) is 4.74 Å². The summed E-state index contributed by atoms with van der Waals surface area (Å²) >= 11 is 1.72. The fourth-order valence-electron chi connectivity index (χ4n) is 3.07. The number of hydrogen-bond donors (Lipinski definition) is 0. The Morgan fingerprint density at radius 1 is 1.25 bits per heavy atom. The Morgan fingerprint density at radius 2 is 2.00 bits per heavy atom. The SMILES string of the molecule is Cc1c(C(=O)OCC(=O)N2CC[C@H](C)Sc3ccccc32)cccc1[N+](=O)[O-]. The van der Waals surface area contributed by atoms with Gasteiger partial charge in [0, 0.05) is 28.3 Å². The van der Waals surface area contributed by atoms with Gasteiger partial charge in [-0.1, -0.05) is 25.1 Å². The van der Waals surface area contributed by atoms with Crippen LogP contribution < -0.4 is 4.90 Å². The van der Waals surface area contributed by atoms with Gasteiger partial charge < -0.3 is 9.64 Å². The summed E-state index contributed by atoms with van der Waals surface area (Å²) in [5.74, 6) is -1.07. The average Bonchev–Trinajstić information content (AvgIpc) is 2.84. The lowest BCUT2D eigenvalue weighted by atomic mass is 10.1. The Labute approximate surface area is 166 Å². The number of ether oxygens (including phenoxy) is 1. The standard InChI is InChI=1S/C20H20N2O5S/c1-13-10-11-21(17-7-3-4-9-18(17)28-13)19(23)12-27-20(24)15-6-5-8-16(14(15)2)22(25)26/h3-9,13H,10-12H2,1-2H3/t13-/m0/s1. The second-order valence-electron chi connectivity index (χ2n) is 6.51. The third-order valence-corrected chi connectivity index (χ3v) is 5.83. The van der Waals surface area contributed by atoms with Crippen LogP contribution in [0.3, 0.4) is 0 Å². The molecule has 2 aromatic rings. The van der Waals surface area contributed by atoms with Crippen molar-refractivity contribution in [3.63, 3.8) is 0 Å². The van der Waals surface area contributed by atoms with E-state index in [1.165, 1.54) is 25.1 Å². The molecule has 1 atom stereocenters. The fraction of sp³-hybridized carbons (Fsp3) is 0.300. The predicted molar refractivity (Wildman–Crippen MR) is 107 cm³/mol. The molecule has 0 bridgehead atoms. The molecule has 2 aromatic carbocycles. The van der Waals surface area contributed by atoms with E-state index in [9.17, 15) is 19.7 Å². The number of carbonyl (C=O) groups excluding carboxylic acids is 2. The van der Waals surface area contributed by atoms with Crippen LogP contribution >= 0.6 is 11.8 Å². The maximum Gasteiger partial charge on any atom is 0.339 e. The maximum absolute atomic E-state index is 12.7. The van der Waals surface area contributed by atoms with Crippen molar-refractivity contribution >= 4 is 35.0 Å². The van der Waals surface area contributed by atoms with Crippen LogP contribution in [0.25, 0.3) is 0 Å². The zero-order chi connectivity index (χ0) is 20.3. The highest BCUT2D eigenvalue weighted by Gasteiger charge is 2.26. The van der Waals surface area contributed by atoms with E-state index in [2.05, 4.69) is 6.92 Å². The molecule has 0 aromatic heterocycles. The van der Waals surface area contributed by atoms with Crippen molar-refractivity contribution in [1.29, 1.82) is 0 Å². The van der Waals surface area contributed by atoms with E-state index < -0.39 is 17.5 Å². The summed E-state index contributed by atoms with van der Waals surface area (Å²) in [6, 6.07) is 11.9. The van der Waals surface area contributed by atoms with Gasteiger partial charge in [0.2, 0.25) is 0 Å². The van der Waals surface area contributed by atoms with Gasteiger partial charge in [0.1, 0.15) is 0 Å². The van der Waals surface area contributed by atoms with Crippen LogP contribution in [0, 0.1) is 17.0 Å². The first kappa shape index (κ1) is 19.9. The minimum absolute atomic E-state index is 0.0856. The molecule has 0 aliphatic carbocycles. The first-order valence-electron chi connectivity index (χ1n) is 8.85. The van der Waals surface area contributed by atoms with Gasteiger partial charge in [0.05, 0.1) is 16.2 Å². The van der Waals surface area contributed by atoms with E-state index in [1.54, 1.807) is 16.7 Å². The molecule has 28 heavy (non-hydrogen) atoms. The van der Waals surface area contributed by atoms with Gasteiger partial charge >= 0.3 is 5.97 Å². The van der Waals surface area contributed by atoms with Crippen LogP contribution in [-0.2, 0) is 9.53 Å². The van der Waals surface area contributed by atoms with Crippen LogP contribution in [0.1, 0.15) is 29.3 Å². The highest BCUT2D eigenvalue weighted by atomic mass is 32.2. The number of anilines is 1. The lowest BCUT2D eigenvalue weighted by Gasteiger charge is -2.22. The summed E-state index contributed by atoms with van der Waals surface area (Å²) in [5.41, 5.74) is 0.954. The summed E-state index contributed by atoms with van der Waals surface area (Å²) in [5, 5.41) is 11.4. The number of nitro benzene ring substituents is 1. The third kappa shape index (κ3) is 4.17. The molecule has 0 saturated heterocycles. The highest BCUT2D eigenvalue weighted by Crippen LogP contribution is 2.37. The van der Waals surface area contributed by atoms with E-state index in [-0.39, 0.29) is 22.7 Å². The third-order valence-electron chi connectivity index (χ3n) is 4.59. The normalized spacial score (nSPS) is 16.1. The molecule has 0 N–H and O–H groups in total. The molecule has 146 valence electrons. The Kier molecular flexibility index (Phi) is 5.99. The average molecular weight is 400 g/mol. The van der Waals surface area contributed by atoms with E-state index in [0.717, 1.165) is 17.0 Å². The summed E-state index contributed by atoms with van der Waals surface area (Å²) in [6.45, 7) is 3.71. The zero-order valence-corrected chi connectivity index (χ0v) is 16.4. The number of nitro groups is 1. The largest absolute Gasteiger partial charge is 0.452 e. The molecular formula is C20H20N2O5S. The van der Waals surface area contributed by atoms with Crippen molar-refractivity contribution in [3.8, 4) is 0 Å². The molecule has 3 rings (SSSR count). The molecule has 8 heteroatoms. The second kappa shape index (κ2) is 8.43. The van der Waals surface area contributed by atoms with Gasteiger partial charge in [-0.2, -0.15) is 0 Å². The van der Waals surface area contributed by atoms with Crippen LogP contribution in [0.5, 0.6) is 0 Å².